The normalized spacial score (nSPS) is 13.4. The molecule has 176 valence electrons. The average Bonchev–Trinajstić information content (AvgIpc) is 2.78. The van der Waals surface area contributed by atoms with Crippen molar-refractivity contribution in [2.24, 2.45) is 0 Å². The number of nitrogens with one attached hydrogen (secondary N) is 1. The van der Waals surface area contributed by atoms with E-state index in [2.05, 4.69) is 21.2 Å². The molecule has 32 heavy (non-hydrogen) atoms. The van der Waals surface area contributed by atoms with Crippen molar-refractivity contribution in [2.45, 2.75) is 44.5 Å². The fourth-order valence-corrected chi connectivity index (χ4v) is 4.57. The second kappa shape index (κ2) is 11.4. The van der Waals surface area contributed by atoms with Crippen molar-refractivity contribution in [1.29, 1.82) is 0 Å². The first-order chi connectivity index (χ1) is 15.1. The third-order valence-corrected chi connectivity index (χ3v) is 7.28. The molecule has 2 aromatic carbocycles. The number of thioether (sulfide) groups is 1. The number of hydrogen-bond acceptors (Lipinski definition) is 6. The van der Waals surface area contributed by atoms with E-state index in [-0.39, 0.29) is 11.8 Å². The predicted molar refractivity (Wildman–Crippen MR) is 131 cm³/mol. The van der Waals surface area contributed by atoms with Crippen LogP contribution >= 0.6 is 27.7 Å². The minimum absolute atomic E-state index is 0.293. The van der Waals surface area contributed by atoms with E-state index >= 15 is 0 Å². The molecule has 0 aliphatic rings. The summed E-state index contributed by atoms with van der Waals surface area (Å²) in [6, 6.07) is 10.5. The van der Waals surface area contributed by atoms with Crippen LogP contribution in [0.4, 0.5) is 4.39 Å². The van der Waals surface area contributed by atoms with Crippen LogP contribution < -0.4 is 14.8 Å². The number of ether oxygens (including phenoxy) is 3. The van der Waals surface area contributed by atoms with Crippen molar-refractivity contribution in [3.63, 3.8) is 0 Å². The summed E-state index contributed by atoms with van der Waals surface area (Å²) in [4.78, 5) is 12.4. The highest BCUT2D eigenvalue weighted by Crippen LogP contribution is 2.36. The summed E-state index contributed by atoms with van der Waals surface area (Å²) in [5.41, 5.74) is 0.629. The van der Waals surface area contributed by atoms with E-state index < -0.39 is 10.3 Å². The number of esters is 1. The molecular weight excluding hydrogens is 497 g/mol. The van der Waals surface area contributed by atoms with Gasteiger partial charge >= 0.3 is 5.97 Å². The number of halogens is 2. The van der Waals surface area contributed by atoms with Crippen LogP contribution in [0.5, 0.6) is 11.5 Å². The lowest BCUT2D eigenvalue weighted by molar-refractivity contribution is -0.145. The maximum absolute atomic E-state index is 14.9. The Bertz CT molecular complexity index is 940. The third-order valence-electron chi connectivity index (χ3n) is 5.17. The monoisotopic (exact) mass is 527 g/mol. The van der Waals surface area contributed by atoms with Crippen LogP contribution in [0.1, 0.15) is 38.8 Å². The average molecular weight is 528 g/mol. The summed E-state index contributed by atoms with van der Waals surface area (Å²) in [6.45, 7) is 8.09. The van der Waals surface area contributed by atoms with Crippen molar-refractivity contribution >= 4 is 33.7 Å². The zero-order valence-corrected chi connectivity index (χ0v) is 21.8. The van der Waals surface area contributed by atoms with Crippen LogP contribution in [-0.2, 0) is 21.6 Å². The van der Waals surface area contributed by atoms with Crippen LogP contribution in [0.3, 0.4) is 0 Å². The van der Waals surface area contributed by atoms with E-state index in [9.17, 15) is 9.18 Å². The topological polar surface area (TPSA) is 56.8 Å². The Morgan fingerprint density at radius 1 is 1.12 bits per heavy atom. The quantitative estimate of drug-likeness (QED) is 0.379. The van der Waals surface area contributed by atoms with Gasteiger partial charge in [-0.15, -0.1) is 11.8 Å². The van der Waals surface area contributed by atoms with Crippen LogP contribution in [0.2, 0.25) is 0 Å². The first-order valence-corrected chi connectivity index (χ1v) is 12.1. The number of rotatable bonds is 11. The van der Waals surface area contributed by atoms with E-state index in [0.29, 0.717) is 36.0 Å². The minimum atomic E-state index is -0.784. The first-order valence-electron chi connectivity index (χ1n) is 10.3. The molecule has 0 unspecified atom stereocenters. The van der Waals surface area contributed by atoms with E-state index in [0.717, 1.165) is 10.0 Å². The van der Waals surface area contributed by atoms with Crippen molar-refractivity contribution < 1.29 is 23.4 Å². The van der Waals surface area contributed by atoms with Gasteiger partial charge in [-0.05, 0) is 52.0 Å². The highest BCUT2D eigenvalue weighted by molar-refractivity contribution is 9.10. The molecular formula is C24H31BrFNO4S. The van der Waals surface area contributed by atoms with Gasteiger partial charge in [0.2, 0.25) is 0 Å². The third kappa shape index (κ3) is 6.62. The van der Waals surface area contributed by atoms with Crippen molar-refractivity contribution in [3.8, 4) is 11.5 Å². The molecule has 1 atom stereocenters. The van der Waals surface area contributed by atoms with Gasteiger partial charge in [0.15, 0.2) is 0 Å². The number of carbonyl (C=O) groups is 1. The fourth-order valence-electron chi connectivity index (χ4n) is 3.12. The smallest absolute Gasteiger partial charge is 0.321 e. The summed E-state index contributed by atoms with van der Waals surface area (Å²) in [6.07, 6.45) is 0. The minimum Gasteiger partial charge on any atom is -0.497 e. The van der Waals surface area contributed by atoms with Crippen LogP contribution in [0, 0.1) is 5.82 Å². The second-order valence-corrected chi connectivity index (χ2v) is 10.5. The van der Waals surface area contributed by atoms with Crippen molar-refractivity contribution in [1.82, 2.24) is 5.32 Å². The van der Waals surface area contributed by atoms with Crippen molar-refractivity contribution in [2.75, 3.05) is 26.6 Å². The van der Waals surface area contributed by atoms with Gasteiger partial charge in [0.25, 0.3) is 0 Å². The molecule has 0 fully saturated rings. The fraction of sp³-hybridized carbons (Fsp3) is 0.458. The lowest BCUT2D eigenvalue weighted by Gasteiger charge is -2.35. The SMILES string of the molecule is CCOC(=O)C(C)(C)SC[C@](C)(NCc1ccc(OC)cc1OC)c1cc(Br)ccc1F. The molecule has 0 spiro atoms. The molecule has 1 N–H and O–H groups in total. The maximum Gasteiger partial charge on any atom is 0.321 e. The molecule has 0 saturated carbocycles. The Balaban J connectivity index is 2.35. The number of methoxy groups -OCH3 is 2. The van der Waals surface area contributed by atoms with E-state index in [1.54, 1.807) is 33.3 Å². The lowest BCUT2D eigenvalue weighted by Crippen LogP contribution is -2.44. The van der Waals surface area contributed by atoms with Gasteiger partial charge in [-0.25, -0.2) is 4.39 Å². The summed E-state index contributed by atoms with van der Waals surface area (Å²) in [5, 5.41) is 3.50. The maximum atomic E-state index is 14.9. The summed E-state index contributed by atoms with van der Waals surface area (Å²) < 4.78 is 30.9. The molecule has 8 heteroatoms. The van der Waals surface area contributed by atoms with Gasteiger partial charge in [0.1, 0.15) is 22.1 Å². The van der Waals surface area contributed by atoms with E-state index in [1.165, 1.54) is 17.8 Å². The zero-order valence-electron chi connectivity index (χ0n) is 19.4. The van der Waals surface area contributed by atoms with Gasteiger partial charge in [-0.2, -0.15) is 0 Å². The highest BCUT2D eigenvalue weighted by atomic mass is 79.9. The summed E-state index contributed by atoms with van der Waals surface area (Å²) in [5.74, 6) is 1.19. The number of benzene rings is 2. The van der Waals surface area contributed by atoms with Crippen LogP contribution in [-0.4, -0.2) is 37.3 Å². The Morgan fingerprint density at radius 3 is 2.47 bits per heavy atom. The van der Waals surface area contributed by atoms with Gasteiger partial charge in [-0.3, -0.25) is 4.79 Å². The van der Waals surface area contributed by atoms with Crippen molar-refractivity contribution in [3.05, 3.63) is 57.8 Å². The Hall–Kier alpha value is -1.77. The molecule has 2 aromatic rings. The molecule has 0 amide bonds. The molecule has 0 aliphatic heterocycles. The molecule has 0 aromatic heterocycles. The molecule has 2 rings (SSSR count). The standard InChI is InChI=1S/C24H31BrFNO4S/c1-7-31-22(28)23(2,3)32-15-24(4,19-12-17(25)9-11-20(19)26)27-14-16-8-10-18(29-5)13-21(16)30-6/h8-13,27H,7,14-15H2,1-6H3/t24-/m0/s1. The van der Waals surface area contributed by atoms with E-state index in [1.807, 2.05) is 39.0 Å². The van der Waals surface area contributed by atoms with Gasteiger partial charge in [0, 0.05) is 34.0 Å². The lowest BCUT2D eigenvalue weighted by atomic mass is 9.93. The van der Waals surface area contributed by atoms with E-state index in [4.69, 9.17) is 14.2 Å². The Labute approximate surface area is 202 Å². The molecule has 0 heterocycles. The van der Waals surface area contributed by atoms with Gasteiger partial charge < -0.3 is 19.5 Å². The molecule has 0 aliphatic carbocycles. The van der Waals surface area contributed by atoms with Gasteiger partial charge in [-0.1, -0.05) is 22.0 Å². The largest absolute Gasteiger partial charge is 0.497 e. The highest BCUT2D eigenvalue weighted by Gasteiger charge is 2.36. The zero-order chi connectivity index (χ0) is 23.9. The Kier molecular flexibility index (Phi) is 9.42. The second-order valence-electron chi connectivity index (χ2n) is 8.01. The summed E-state index contributed by atoms with van der Waals surface area (Å²) >= 11 is 4.87. The molecule has 0 saturated heterocycles. The number of hydrogen-bond donors (Lipinski definition) is 1. The molecule has 0 bridgehead atoms. The van der Waals surface area contributed by atoms with Crippen LogP contribution in [0.15, 0.2) is 40.9 Å². The first kappa shape index (κ1) is 26.5. The Morgan fingerprint density at radius 2 is 1.84 bits per heavy atom. The summed E-state index contributed by atoms with van der Waals surface area (Å²) in [7, 11) is 3.20. The molecule has 0 radical (unpaired) electrons. The molecule has 5 nitrogen and oxygen atoms in total. The van der Waals surface area contributed by atoms with Crippen LogP contribution in [0.25, 0.3) is 0 Å². The predicted octanol–water partition coefficient (Wildman–Crippen LogP) is 5.69. The number of carbonyl (C=O) groups excluding carboxylic acids is 1. The van der Waals surface area contributed by atoms with Gasteiger partial charge in [0.05, 0.1) is 26.4 Å².